The summed E-state index contributed by atoms with van der Waals surface area (Å²) in [6.07, 6.45) is 0. The molecule has 8 heteroatoms. The van der Waals surface area contributed by atoms with E-state index < -0.39 is 35.1 Å². The molecular formula is C27H25F2NO4S. The zero-order chi connectivity index (χ0) is 25.5. The van der Waals surface area contributed by atoms with Gasteiger partial charge in [0.05, 0.1) is 17.9 Å². The van der Waals surface area contributed by atoms with Gasteiger partial charge in [0, 0.05) is 22.1 Å². The maximum absolute atomic E-state index is 14.7. The number of hydrogen-bond donors (Lipinski definition) is 1. The van der Waals surface area contributed by atoms with E-state index in [-0.39, 0.29) is 16.7 Å². The second kappa shape index (κ2) is 9.26. The van der Waals surface area contributed by atoms with E-state index in [4.69, 9.17) is 4.74 Å². The molecule has 1 fully saturated rings. The largest absolute Gasteiger partial charge is 0.507 e. The number of nitrogens with zero attached hydrogens (tertiary/aromatic N) is 1. The Morgan fingerprint density at radius 3 is 2.49 bits per heavy atom. The predicted molar refractivity (Wildman–Crippen MR) is 132 cm³/mol. The second-order valence-electron chi connectivity index (χ2n) is 9.17. The maximum atomic E-state index is 14.7. The van der Waals surface area contributed by atoms with Gasteiger partial charge in [-0.05, 0) is 54.1 Å². The summed E-state index contributed by atoms with van der Waals surface area (Å²) in [5.74, 6) is -3.38. The first-order valence-electron chi connectivity index (χ1n) is 11.1. The lowest BCUT2D eigenvalue weighted by Crippen LogP contribution is -2.30. The van der Waals surface area contributed by atoms with Crippen LogP contribution in [-0.4, -0.2) is 23.4 Å². The molecule has 1 N–H and O–H groups in total. The van der Waals surface area contributed by atoms with Crippen LogP contribution in [0.15, 0.2) is 59.5 Å². The third kappa shape index (κ3) is 4.46. The van der Waals surface area contributed by atoms with E-state index in [0.717, 1.165) is 28.7 Å². The molecule has 0 radical (unpaired) electrons. The lowest BCUT2D eigenvalue weighted by atomic mass is 9.84. The summed E-state index contributed by atoms with van der Waals surface area (Å²) in [7, 11) is 0. The molecule has 1 unspecified atom stereocenters. The minimum absolute atomic E-state index is 0.190. The highest BCUT2D eigenvalue weighted by molar-refractivity contribution is 7.10. The van der Waals surface area contributed by atoms with Gasteiger partial charge in [0.1, 0.15) is 29.2 Å². The van der Waals surface area contributed by atoms with Crippen LogP contribution in [0.4, 0.5) is 14.5 Å². The highest BCUT2D eigenvalue weighted by atomic mass is 32.1. The van der Waals surface area contributed by atoms with Crippen molar-refractivity contribution < 1.29 is 28.2 Å². The van der Waals surface area contributed by atoms with Gasteiger partial charge in [0.25, 0.3) is 11.7 Å². The summed E-state index contributed by atoms with van der Waals surface area (Å²) in [5, 5.41) is 13.1. The molecule has 0 bridgehead atoms. The van der Waals surface area contributed by atoms with Gasteiger partial charge in [-0.3, -0.25) is 14.5 Å². The summed E-state index contributed by atoms with van der Waals surface area (Å²) in [6.45, 7) is 8.30. The molecule has 0 spiro atoms. The molecule has 1 saturated heterocycles. The Morgan fingerprint density at radius 1 is 1.11 bits per heavy atom. The highest BCUT2D eigenvalue weighted by Crippen LogP contribution is 2.45. The summed E-state index contributed by atoms with van der Waals surface area (Å²) in [4.78, 5) is 27.8. The number of carbonyl (C=O) groups is 2. The smallest absolute Gasteiger partial charge is 0.300 e. The quantitative estimate of drug-likeness (QED) is 0.253. The first kappa shape index (κ1) is 24.6. The van der Waals surface area contributed by atoms with Crippen molar-refractivity contribution in [3.63, 3.8) is 0 Å². The molecule has 0 aliphatic carbocycles. The van der Waals surface area contributed by atoms with Crippen LogP contribution in [0.1, 0.15) is 49.7 Å². The van der Waals surface area contributed by atoms with Gasteiger partial charge < -0.3 is 9.84 Å². The van der Waals surface area contributed by atoms with E-state index >= 15 is 0 Å². The number of aliphatic hydroxyl groups is 1. The molecule has 3 aromatic rings. The Labute approximate surface area is 206 Å². The number of halogens is 2. The number of ether oxygens (including phenoxy) is 1. The predicted octanol–water partition coefficient (Wildman–Crippen LogP) is 6.35. The Kier molecular flexibility index (Phi) is 6.51. The molecule has 2 heterocycles. The van der Waals surface area contributed by atoms with E-state index in [2.05, 4.69) is 0 Å². The van der Waals surface area contributed by atoms with Gasteiger partial charge >= 0.3 is 0 Å². The van der Waals surface area contributed by atoms with Gasteiger partial charge in [-0.1, -0.05) is 26.8 Å². The van der Waals surface area contributed by atoms with Crippen LogP contribution in [-0.2, 0) is 15.0 Å². The fourth-order valence-corrected chi connectivity index (χ4v) is 4.99. The maximum Gasteiger partial charge on any atom is 0.300 e. The number of hydrogen-bond acceptors (Lipinski definition) is 5. The molecule has 5 nitrogen and oxygen atoms in total. The topological polar surface area (TPSA) is 66.8 Å². The molecule has 1 aromatic heterocycles. The molecule has 182 valence electrons. The third-order valence-corrected chi connectivity index (χ3v) is 6.71. The number of ketones is 1. The van der Waals surface area contributed by atoms with Crippen molar-refractivity contribution in [1.29, 1.82) is 0 Å². The average Bonchev–Trinajstić information content (AvgIpc) is 3.42. The summed E-state index contributed by atoms with van der Waals surface area (Å²) < 4.78 is 34.5. The Balaban J connectivity index is 1.94. The van der Waals surface area contributed by atoms with Crippen LogP contribution in [0.2, 0.25) is 0 Å². The molecule has 0 saturated carbocycles. The van der Waals surface area contributed by atoms with Crippen LogP contribution in [0.5, 0.6) is 5.75 Å². The Bertz CT molecular complexity index is 1330. The molecule has 35 heavy (non-hydrogen) atoms. The number of Topliss-reactive ketones (excluding diaryl/α,β-unsaturated/α-hetero) is 1. The summed E-state index contributed by atoms with van der Waals surface area (Å²) >= 11 is 1.24. The molecule has 1 aliphatic heterocycles. The van der Waals surface area contributed by atoms with Crippen LogP contribution in [0.3, 0.4) is 0 Å². The van der Waals surface area contributed by atoms with Gasteiger partial charge in [-0.25, -0.2) is 8.78 Å². The Morgan fingerprint density at radius 2 is 1.86 bits per heavy atom. The van der Waals surface area contributed by atoms with E-state index in [1.54, 1.807) is 35.7 Å². The molecule has 4 rings (SSSR count). The summed E-state index contributed by atoms with van der Waals surface area (Å²) in [6, 6.07) is 10.0. The number of anilines is 1. The second-order valence-corrected chi connectivity index (χ2v) is 10.2. The molecule has 1 aliphatic rings. The van der Waals surface area contributed by atoms with E-state index in [1.807, 2.05) is 27.7 Å². The lowest BCUT2D eigenvalue weighted by Gasteiger charge is -2.25. The van der Waals surface area contributed by atoms with Crippen LogP contribution in [0, 0.1) is 11.6 Å². The van der Waals surface area contributed by atoms with Crippen molar-refractivity contribution in [2.45, 2.75) is 39.2 Å². The number of amides is 1. The fourth-order valence-electron chi connectivity index (χ4n) is 4.17. The monoisotopic (exact) mass is 497 g/mol. The minimum Gasteiger partial charge on any atom is -0.507 e. The highest BCUT2D eigenvalue weighted by Gasteiger charge is 2.48. The van der Waals surface area contributed by atoms with Crippen molar-refractivity contribution >= 4 is 34.5 Å². The van der Waals surface area contributed by atoms with E-state index in [9.17, 15) is 23.5 Å². The standard InChI is InChI=1S/C27H25F2NO4S/c1-5-34-20-11-8-15(13-17(20)27(2,3)4)24(31)22-23(21-7-6-12-35-21)30(26(33)25(22)32)19-14-16(28)9-10-18(19)29/h6-14,23,31H,5H2,1-4H3/b24-22-. The number of thiophene rings is 1. The van der Waals surface area contributed by atoms with Crippen molar-refractivity contribution in [1.82, 2.24) is 0 Å². The number of rotatable bonds is 5. The third-order valence-electron chi connectivity index (χ3n) is 5.79. The Hall–Kier alpha value is -3.52. The molecule has 2 aromatic carbocycles. The zero-order valence-corrected chi connectivity index (χ0v) is 20.6. The van der Waals surface area contributed by atoms with Crippen LogP contribution in [0.25, 0.3) is 5.76 Å². The van der Waals surface area contributed by atoms with Gasteiger partial charge in [-0.2, -0.15) is 0 Å². The minimum atomic E-state index is -1.11. The molecule has 1 amide bonds. The first-order chi connectivity index (χ1) is 16.5. The van der Waals surface area contributed by atoms with Crippen molar-refractivity contribution in [2.75, 3.05) is 11.5 Å². The normalized spacial score (nSPS) is 17.8. The number of carbonyl (C=O) groups excluding carboxylic acids is 2. The van der Waals surface area contributed by atoms with Crippen molar-refractivity contribution in [2.24, 2.45) is 0 Å². The van der Waals surface area contributed by atoms with Crippen molar-refractivity contribution in [3.05, 3.63) is 87.1 Å². The van der Waals surface area contributed by atoms with E-state index in [0.29, 0.717) is 22.8 Å². The van der Waals surface area contributed by atoms with Gasteiger partial charge in [0.2, 0.25) is 0 Å². The number of benzene rings is 2. The molecular weight excluding hydrogens is 472 g/mol. The van der Waals surface area contributed by atoms with Gasteiger partial charge in [0.15, 0.2) is 0 Å². The summed E-state index contributed by atoms with van der Waals surface area (Å²) in [5.41, 5.74) is 0.223. The number of aliphatic hydroxyl groups excluding tert-OH is 1. The van der Waals surface area contributed by atoms with Crippen LogP contribution < -0.4 is 9.64 Å². The SMILES string of the molecule is CCOc1ccc(/C(O)=C2/C(=O)C(=O)N(c3cc(F)ccc3F)C2c2cccs2)cc1C(C)(C)C. The van der Waals surface area contributed by atoms with Crippen LogP contribution >= 0.6 is 11.3 Å². The van der Waals surface area contributed by atoms with E-state index in [1.165, 1.54) is 11.3 Å². The average molecular weight is 498 g/mol. The first-order valence-corrected chi connectivity index (χ1v) is 12.0. The lowest BCUT2D eigenvalue weighted by molar-refractivity contribution is -0.132. The fraction of sp³-hybridized carbons (Fsp3) is 0.259. The molecule has 1 atom stereocenters. The van der Waals surface area contributed by atoms with Crippen molar-refractivity contribution in [3.8, 4) is 5.75 Å². The zero-order valence-electron chi connectivity index (χ0n) is 19.8. The van der Waals surface area contributed by atoms with Gasteiger partial charge in [-0.15, -0.1) is 11.3 Å².